The molecule has 3 aromatic heterocycles. The van der Waals surface area contributed by atoms with Gasteiger partial charge < -0.3 is 19.3 Å². The Morgan fingerprint density at radius 1 is 1.02 bits per heavy atom. The number of nitrogens with zero attached hydrogens (tertiary/aromatic N) is 7. The lowest BCUT2D eigenvalue weighted by Crippen LogP contribution is -2.44. The van der Waals surface area contributed by atoms with Crippen molar-refractivity contribution < 1.29 is 9.47 Å². The van der Waals surface area contributed by atoms with Gasteiger partial charge in [-0.2, -0.15) is 10.1 Å². The second-order valence-electron chi connectivity index (χ2n) is 11.0. The van der Waals surface area contributed by atoms with E-state index >= 15 is 0 Å². The topological polar surface area (TPSA) is 93.5 Å². The molecule has 0 atom stereocenters. The molecule has 0 unspecified atom stereocenters. The molecule has 1 fully saturated rings. The first-order chi connectivity index (χ1) is 20.8. The number of halogens is 1. The predicted molar refractivity (Wildman–Crippen MR) is 174 cm³/mol. The van der Waals surface area contributed by atoms with Gasteiger partial charge in [0, 0.05) is 51.1 Å². The molecule has 0 radical (unpaired) electrons. The Kier molecular flexibility index (Phi) is 10.3. The summed E-state index contributed by atoms with van der Waals surface area (Å²) in [5, 5.41) is 4.81. The maximum atomic E-state index is 6.97. The molecule has 0 aliphatic carbocycles. The molecule has 0 saturated carbocycles. The molecular formula is C31H39ClN8O2S. The molecular weight excluding hydrogens is 584 g/mol. The quantitative estimate of drug-likeness (QED) is 0.175. The monoisotopic (exact) mass is 622 g/mol. The lowest BCUT2D eigenvalue weighted by atomic mass is 10.1. The first-order valence-electron chi connectivity index (χ1n) is 14.6. The summed E-state index contributed by atoms with van der Waals surface area (Å²) in [6, 6.07) is 11.6. The number of anilines is 2. The number of ether oxygens (including phenoxy) is 2. The number of likely N-dealkylation sites (N-methyl/N-ethyl adjacent to an activating group) is 1. The van der Waals surface area contributed by atoms with Crippen molar-refractivity contribution in [2.45, 2.75) is 38.5 Å². The number of hydrogen-bond donors (Lipinski definition) is 1. The van der Waals surface area contributed by atoms with Crippen molar-refractivity contribution in [3.05, 3.63) is 59.4 Å². The minimum absolute atomic E-state index is 0.385. The number of pyridine rings is 1. The van der Waals surface area contributed by atoms with Gasteiger partial charge in [-0.3, -0.25) is 9.40 Å². The van der Waals surface area contributed by atoms with Crippen LogP contribution in [-0.2, 0) is 13.5 Å². The van der Waals surface area contributed by atoms with Crippen LogP contribution in [0, 0.1) is 5.92 Å². The number of aryl methyl sites for hydroxylation is 1. The summed E-state index contributed by atoms with van der Waals surface area (Å²) in [5.41, 5.74) is 3.13. The molecule has 1 aliphatic rings. The zero-order valence-corrected chi connectivity index (χ0v) is 27.0. The fourth-order valence-corrected chi connectivity index (χ4v) is 5.57. The highest BCUT2D eigenvalue weighted by Crippen LogP contribution is 2.40. The van der Waals surface area contributed by atoms with E-state index in [2.05, 4.69) is 47.4 Å². The van der Waals surface area contributed by atoms with Crippen LogP contribution in [0.5, 0.6) is 17.5 Å². The second-order valence-corrected chi connectivity index (χ2v) is 12.2. The van der Waals surface area contributed by atoms with Crippen molar-refractivity contribution >= 4 is 35.2 Å². The summed E-state index contributed by atoms with van der Waals surface area (Å²) in [6.07, 6.45) is 5.26. The summed E-state index contributed by atoms with van der Waals surface area (Å²) < 4.78 is 17.5. The number of aromatic nitrogens is 5. The Morgan fingerprint density at radius 2 is 1.81 bits per heavy atom. The van der Waals surface area contributed by atoms with E-state index in [0.717, 1.165) is 48.7 Å². The van der Waals surface area contributed by atoms with E-state index in [1.54, 1.807) is 10.9 Å². The van der Waals surface area contributed by atoms with Crippen molar-refractivity contribution in [1.82, 2.24) is 29.6 Å². The van der Waals surface area contributed by atoms with Gasteiger partial charge in [-0.05, 0) is 56.0 Å². The average Bonchev–Trinajstić information content (AvgIpc) is 3.42. The van der Waals surface area contributed by atoms with Crippen LogP contribution >= 0.6 is 23.5 Å². The molecule has 1 N–H and O–H groups in total. The van der Waals surface area contributed by atoms with Crippen LogP contribution in [0.1, 0.15) is 32.8 Å². The number of hydrogen-bond acceptors (Lipinski definition) is 10. The van der Waals surface area contributed by atoms with Gasteiger partial charge in [-0.25, -0.2) is 9.97 Å². The number of rotatable bonds is 12. The molecule has 4 aromatic rings. The standard InChI is InChI=1S/C31H39ClN8O2S/c1-6-23-29(24-9-7-12-27(34-24)41-18-13-21(2)3)35-31(37-43-22-19-33-39(5)20-22)36-30(23)42-26-11-8-10-25(28(26)32)40-16-14-38(4)15-17-40/h7-12,19-21H,6,13-18H2,1-5H3,(H,35,36,37). The van der Waals surface area contributed by atoms with Crippen molar-refractivity contribution in [3.63, 3.8) is 0 Å². The Hall–Kier alpha value is -3.54. The normalized spacial score (nSPS) is 13.9. The van der Waals surface area contributed by atoms with Crippen molar-refractivity contribution in [2.75, 3.05) is 49.5 Å². The van der Waals surface area contributed by atoms with E-state index in [9.17, 15) is 0 Å². The Labute approximate surface area is 262 Å². The summed E-state index contributed by atoms with van der Waals surface area (Å²) in [4.78, 5) is 20.0. The summed E-state index contributed by atoms with van der Waals surface area (Å²) in [5.74, 6) is 2.46. The van der Waals surface area contributed by atoms with Gasteiger partial charge in [0.15, 0.2) is 0 Å². The van der Waals surface area contributed by atoms with Crippen LogP contribution in [0.4, 0.5) is 11.6 Å². The molecule has 43 heavy (non-hydrogen) atoms. The first kappa shape index (κ1) is 30.9. The van der Waals surface area contributed by atoms with Gasteiger partial charge in [-0.1, -0.05) is 44.5 Å². The molecule has 12 heteroatoms. The zero-order valence-electron chi connectivity index (χ0n) is 25.4. The highest BCUT2D eigenvalue weighted by molar-refractivity contribution is 8.00. The summed E-state index contributed by atoms with van der Waals surface area (Å²) in [7, 11) is 4.01. The van der Waals surface area contributed by atoms with Crippen LogP contribution in [-0.4, -0.2) is 69.5 Å². The van der Waals surface area contributed by atoms with Crippen LogP contribution in [0.15, 0.2) is 53.7 Å². The summed E-state index contributed by atoms with van der Waals surface area (Å²) in [6.45, 7) is 10.8. The largest absolute Gasteiger partial charge is 0.478 e. The minimum atomic E-state index is 0.385. The third-order valence-electron chi connectivity index (χ3n) is 7.17. The molecule has 4 heterocycles. The van der Waals surface area contributed by atoms with Crippen molar-refractivity contribution in [1.29, 1.82) is 0 Å². The van der Waals surface area contributed by atoms with Crippen molar-refractivity contribution in [3.8, 4) is 28.9 Å². The lowest BCUT2D eigenvalue weighted by Gasteiger charge is -2.34. The predicted octanol–water partition coefficient (Wildman–Crippen LogP) is 6.58. The van der Waals surface area contributed by atoms with Crippen LogP contribution in [0.2, 0.25) is 5.02 Å². The Bertz CT molecular complexity index is 1520. The van der Waals surface area contributed by atoms with Gasteiger partial charge in [0.05, 0.1) is 29.1 Å². The highest BCUT2D eigenvalue weighted by Gasteiger charge is 2.22. The molecule has 1 aromatic carbocycles. The van der Waals surface area contributed by atoms with Gasteiger partial charge in [0.25, 0.3) is 0 Å². The van der Waals surface area contributed by atoms with E-state index < -0.39 is 0 Å². The fourth-order valence-electron chi connectivity index (χ4n) is 4.68. The van der Waals surface area contributed by atoms with E-state index in [1.165, 1.54) is 11.9 Å². The second kappa shape index (κ2) is 14.3. The van der Waals surface area contributed by atoms with E-state index in [4.69, 9.17) is 36.0 Å². The van der Waals surface area contributed by atoms with Crippen molar-refractivity contribution in [2.24, 2.45) is 13.0 Å². The smallest absolute Gasteiger partial charge is 0.237 e. The third kappa shape index (κ3) is 7.90. The molecule has 0 bridgehead atoms. The molecule has 10 nitrogen and oxygen atoms in total. The van der Waals surface area contributed by atoms with Crippen LogP contribution < -0.4 is 19.1 Å². The minimum Gasteiger partial charge on any atom is -0.478 e. The van der Waals surface area contributed by atoms with E-state index in [0.29, 0.717) is 58.8 Å². The molecule has 1 saturated heterocycles. The maximum Gasteiger partial charge on any atom is 0.237 e. The van der Waals surface area contributed by atoms with Gasteiger partial charge >= 0.3 is 0 Å². The molecule has 0 spiro atoms. The van der Waals surface area contributed by atoms with Gasteiger partial charge in [0.2, 0.25) is 17.7 Å². The number of nitrogens with one attached hydrogen (secondary N) is 1. The molecule has 0 amide bonds. The lowest BCUT2D eigenvalue weighted by molar-refractivity contribution is 0.279. The fraction of sp³-hybridized carbons (Fsp3) is 0.419. The van der Waals surface area contributed by atoms with Crippen LogP contribution in [0.25, 0.3) is 11.4 Å². The number of benzene rings is 1. The van der Waals surface area contributed by atoms with E-state index in [1.807, 2.05) is 49.6 Å². The molecule has 1 aliphatic heterocycles. The molecule has 5 rings (SSSR count). The summed E-state index contributed by atoms with van der Waals surface area (Å²) >= 11 is 8.35. The highest BCUT2D eigenvalue weighted by atomic mass is 35.5. The molecule has 228 valence electrons. The maximum absolute atomic E-state index is 6.97. The van der Waals surface area contributed by atoms with Crippen LogP contribution in [0.3, 0.4) is 0 Å². The zero-order chi connectivity index (χ0) is 30.3. The number of piperazine rings is 1. The van der Waals surface area contributed by atoms with E-state index in [-0.39, 0.29) is 0 Å². The SMILES string of the molecule is CCc1c(Oc2cccc(N3CCN(C)CC3)c2Cl)nc(NSc2cnn(C)c2)nc1-c1cccc(OCCC(C)C)n1. The Balaban J connectivity index is 1.50. The van der Waals surface area contributed by atoms with Gasteiger partial charge in [0.1, 0.15) is 16.5 Å². The first-order valence-corrected chi connectivity index (χ1v) is 15.8. The Morgan fingerprint density at radius 3 is 2.53 bits per heavy atom. The van der Waals surface area contributed by atoms with Gasteiger partial charge in [-0.15, -0.1) is 0 Å². The third-order valence-corrected chi connectivity index (χ3v) is 8.28. The average molecular weight is 623 g/mol.